The summed E-state index contributed by atoms with van der Waals surface area (Å²) in [6.45, 7) is 3.51. The lowest BCUT2D eigenvalue weighted by molar-refractivity contribution is -0.137. The minimum atomic E-state index is -4.49. The van der Waals surface area contributed by atoms with E-state index >= 15 is 0 Å². The fourth-order valence-corrected chi connectivity index (χ4v) is 2.41. The Morgan fingerprint density at radius 1 is 1.43 bits per heavy atom. The van der Waals surface area contributed by atoms with Gasteiger partial charge in [-0.05, 0) is 32.0 Å². The number of rotatable bonds is 1. The number of anilines is 1. The summed E-state index contributed by atoms with van der Waals surface area (Å²) in [5.41, 5.74) is -1.61. The number of carbonyl (C=O) groups excluding carboxylic acids is 1. The molecule has 21 heavy (non-hydrogen) atoms. The molecule has 0 radical (unpaired) electrons. The molecule has 7 heteroatoms. The molecule has 4 nitrogen and oxygen atoms in total. The maximum Gasteiger partial charge on any atom is 0.416 e. The fraction of sp³-hybridized carbons (Fsp3) is 0.429. The highest BCUT2D eigenvalue weighted by atomic mass is 19.4. The van der Waals surface area contributed by atoms with Gasteiger partial charge in [-0.1, -0.05) is 6.07 Å². The van der Waals surface area contributed by atoms with E-state index < -0.39 is 29.2 Å². The van der Waals surface area contributed by atoms with E-state index in [-0.39, 0.29) is 12.2 Å². The molecule has 0 aromatic heterocycles. The molecule has 1 aliphatic rings. The molecule has 1 unspecified atom stereocenters. The monoisotopic (exact) mass is 297 g/mol. The summed E-state index contributed by atoms with van der Waals surface area (Å²) in [5, 5.41) is 11.7. The zero-order valence-corrected chi connectivity index (χ0v) is 11.5. The normalized spacial score (nSPS) is 21.6. The smallest absolute Gasteiger partial charge is 0.336 e. The van der Waals surface area contributed by atoms with Crippen LogP contribution in [0.5, 0.6) is 0 Å². The Morgan fingerprint density at radius 3 is 2.67 bits per heavy atom. The van der Waals surface area contributed by atoms with Crippen molar-refractivity contribution in [3.63, 3.8) is 0 Å². The lowest BCUT2D eigenvalue weighted by Crippen LogP contribution is -2.63. The summed E-state index contributed by atoms with van der Waals surface area (Å²) in [7, 11) is 0. The summed E-state index contributed by atoms with van der Waals surface area (Å²) >= 11 is 0. The first kappa shape index (κ1) is 15.2. The van der Waals surface area contributed by atoms with Crippen LogP contribution in [0, 0.1) is 17.2 Å². The second kappa shape index (κ2) is 4.95. The van der Waals surface area contributed by atoms with Crippen LogP contribution in [0.3, 0.4) is 0 Å². The van der Waals surface area contributed by atoms with E-state index in [0.717, 1.165) is 12.1 Å². The van der Waals surface area contributed by atoms with Gasteiger partial charge in [0.2, 0.25) is 0 Å². The molecule has 1 heterocycles. The molecule has 0 spiro atoms. The maximum atomic E-state index is 12.8. The Labute approximate surface area is 120 Å². The standard InChI is InChI=1S/C14H14F3N3O/c1-13(2)10(7-18)8-19-12(21)20(13)11-5-3-4-9(6-11)14(15,16)17/h3-6,10H,8H2,1-2H3,(H,19,21). The van der Waals surface area contributed by atoms with Crippen molar-refractivity contribution in [1.82, 2.24) is 5.32 Å². The van der Waals surface area contributed by atoms with Gasteiger partial charge in [-0.2, -0.15) is 18.4 Å². The largest absolute Gasteiger partial charge is 0.416 e. The summed E-state index contributed by atoms with van der Waals surface area (Å²) in [4.78, 5) is 13.3. The second-order valence-corrected chi connectivity index (χ2v) is 5.40. The van der Waals surface area contributed by atoms with Gasteiger partial charge in [0.05, 0.1) is 23.1 Å². The molecular weight excluding hydrogens is 283 g/mol. The maximum absolute atomic E-state index is 12.8. The zero-order valence-electron chi connectivity index (χ0n) is 11.5. The van der Waals surface area contributed by atoms with E-state index in [0.29, 0.717) is 0 Å². The lowest BCUT2D eigenvalue weighted by atomic mass is 9.84. The molecule has 2 rings (SSSR count). The fourth-order valence-electron chi connectivity index (χ4n) is 2.41. The molecule has 1 atom stereocenters. The lowest BCUT2D eigenvalue weighted by Gasteiger charge is -2.45. The number of amides is 2. The van der Waals surface area contributed by atoms with E-state index in [1.165, 1.54) is 17.0 Å². The van der Waals surface area contributed by atoms with Crippen molar-refractivity contribution in [2.75, 3.05) is 11.4 Å². The van der Waals surface area contributed by atoms with Gasteiger partial charge in [-0.3, -0.25) is 4.90 Å². The predicted molar refractivity (Wildman–Crippen MR) is 70.5 cm³/mol. The first-order chi connectivity index (χ1) is 9.67. The highest BCUT2D eigenvalue weighted by Gasteiger charge is 2.44. The van der Waals surface area contributed by atoms with E-state index in [9.17, 15) is 18.0 Å². The predicted octanol–water partition coefficient (Wildman–Crippen LogP) is 3.15. The highest BCUT2D eigenvalue weighted by molar-refractivity contribution is 5.94. The average Bonchev–Trinajstić information content (AvgIpc) is 2.37. The number of carbonyl (C=O) groups is 1. The van der Waals surface area contributed by atoms with Crippen LogP contribution in [0.1, 0.15) is 19.4 Å². The van der Waals surface area contributed by atoms with Crippen LogP contribution < -0.4 is 10.2 Å². The Bertz CT molecular complexity index is 604. The molecule has 1 saturated heterocycles. The molecular formula is C14H14F3N3O. The number of urea groups is 1. The average molecular weight is 297 g/mol. The number of hydrogen-bond donors (Lipinski definition) is 1. The molecule has 0 saturated carbocycles. The van der Waals surface area contributed by atoms with E-state index in [1.54, 1.807) is 13.8 Å². The van der Waals surface area contributed by atoms with Crippen molar-refractivity contribution in [2.24, 2.45) is 5.92 Å². The molecule has 0 bridgehead atoms. The summed E-state index contributed by atoms with van der Waals surface area (Å²) in [6, 6.07) is 6.11. The molecule has 1 aliphatic heterocycles. The number of benzene rings is 1. The van der Waals surface area contributed by atoms with Crippen LogP contribution in [0.2, 0.25) is 0 Å². The molecule has 112 valence electrons. The SMILES string of the molecule is CC1(C)C(C#N)CNC(=O)N1c1cccc(C(F)(F)F)c1. The van der Waals surface area contributed by atoms with Gasteiger partial charge in [-0.25, -0.2) is 4.79 Å². The highest BCUT2D eigenvalue weighted by Crippen LogP contribution is 2.36. The molecule has 0 aliphatic carbocycles. The molecule has 1 aromatic carbocycles. The van der Waals surface area contributed by atoms with Crippen LogP contribution in [0.4, 0.5) is 23.7 Å². The third kappa shape index (κ3) is 2.66. The van der Waals surface area contributed by atoms with Crippen molar-refractivity contribution in [1.29, 1.82) is 5.26 Å². The quantitative estimate of drug-likeness (QED) is 0.865. The number of nitriles is 1. The summed E-state index contributed by atoms with van der Waals surface area (Å²) < 4.78 is 38.4. The van der Waals surface area contributed by atoms with Gasteiger partial charge in [-0.15, -0.1) is 0 Å². The topological polar surface area (TPSA) is 56.1 Å². The third-order valence-electron chi connectivity index (χ3n) is 3.68. The van der Waals surface area contributed by atoms with Gasteiger partial charge in [0.1, 0.15) is 0 Å². The third-order valence-corrected chi connectivity index (χ3v) is 3.68. The summed E-state index contributed by atoms with van der Waals surface area (Å²) in [6.07, 6.45) is -4.49. The molecule has 1 N–H and O–H groups in total. The van der Waals surface area contributed by atoms with Crippen molar-refractivity contribution in [2.45, 2.75) is 25.6 Å². The van der Waals surface area contributed by atoms with Crippen LogP contribution in [0.15, 0.2) is 24.3 Å². The Balaban J connectivity index is 2.48. The van der Waals surface area contributed by atoms with E-state index in [2.05, 4.69) is 11.4 Å². The number of halogens is 3. The molecule has 1 fully saturated rings. The molecule has 2 amide bonds. The van der Waals surface area contributed by atoms with E-state index in [4.69, 9.17) is 5.26 Å². The van der Waals surface area contributed by atoms with Crippen molar-refractivity contribution in [3.05, 3.63) is 29.8 Å². The molecule has 1 aromatic rings. The number of hydrogen-bond acceptors (Lipinski definition) is 2. The number of alkyl halides is 3. The van der Waals surface area contributed by atoms with Crippen molar-refractivity contribution >= 4 is 11.7 Å². The van der Waals surface area contributed by atoms with Crippen LogP contribution in [-0.2, 0) is 6.18 Å². The number of nitrogens with one attached hydrogen (secondary N) is 1. The van der Waals surface area contributed by atoms with Gasteiger partial charge in [0.25, 0.3) is 0 Å². The van der Waals surface area contributed by atoms with E-state index in [1.807, 2.05) is 0 Å². The van der Waals surface area contributed by atoms with Crippen LogP contribution in [-0.4, -0.2) is 18.1 Å². The Hall–Kier alpha value is -2.23. The minimum absolute atomic E-state index is 0.118. The van der Waals surface area contributed by atoms with Gasteiger partial charge in [0, 0.05) is 12.2 Å². The van der Waals surface area contributed by atoms with Crippen LogP contribution in [0.25, 0.3) is 0 Å². The second-order valence-electron chi connectivity index (χ2n) is 5.40. The minimum Gasteiger partial charge on any atom is -0.336 e. The van der Waals surface area contributed by atoms with Crippen molar-refractivity contribution < 1.29 is 18.0 Å². The number of nitrogens with zero attached hydrogens (tertiary/aromatic N) is 2. The first-order valence-corrected chi connectivity index (χ1v) is 6.33. The summed E-state index contributed by atoms with van der Waals surface area (Å²) in [5.74, 6) is -0.523. The van der Waals surface area contributed by atoms with Gasteiger partial charge >= 0.3 is 12.2 Å². The van der Waals surface area contributed by atoms with Gasteiger partial charge in [0.15, 0.2) is 0 Å². The zero-order chi connectivity index (χ0) is 15.8. The van der Waals surface area contributed by atoms with Crippen LogP contribution >= 0.6 is 0 Å². The first-order valence-electron chi connectivity index (χ1n) is 6.33. The van der Waals surface area contributed by atoms with Gasteiger partial charge < -0.3 is 5.32 Å². The Morgan fingerprint density at radius 2 is 2.10 bits per heavy atom. The Kier molecular flexibility index (Phi) is 3.58. The van der Waals surface area contributed by atoms with Crippen molar-refractivity contribution in [3.8, 4) is 6.07 Å².